The van der Waals surface area contributed by atoms with Crippen molar-refractivity contribution in [1.29, 1.82) is 0 Å². The van der Waals surface area contributed by atoms with Crippen LogP contribution in [0, 0.1) is 5.41 Å². The molecule has 0 heterocycles. The second-order valence-corrected chi connectivity index (χ2v) is 6.44. The Labute approximate surface area is 130 Å². The van der Waals surface area contributed by atoms with Crippen LogP contribution in [0.1, 0.15) is 26.7 Å². The molecule has 0 aromatic heterocycles. The molecule has 0 radical (unpaired) electrons. The van der Waals surface area contributed by atoms with Gasteiger partial charge in [0.25, 0.3) is 0 Å². The maximum atomic E-state index is 11.7. The van der Waals surface area contributed by atoms with E-state index in [1.54, 1.807) is 6.08 Å². The second kappa shape index (κ2) is 5.70. The Balaban J connectivity index is 1.91. The molecule has 3 heteroatoms. The van der Waals surface area contributed by atoms with Gasteiger partial charge in [-0.25, -0.2) is 0 Å². The number of hydrogen-bond acceptors (Lipinski definition) is 3. The van der Waals surface area contributed by atoms with Gasteiger partial charge in [0.1, 0.15) is 6.01 Å². The number of carbonyl (C=O) groups excluding carboxylic acids is 1. The molecule has 1 aliphatic carbocycles. The molecule has 0 spiro atoms. The van der Waals surface area contributed by atoms with E-state index in [-0.39, 0.29) is 11.2 Å². The molecule has 3 rings (SSSR count). The highest BCUT2D eigenvalue weighted by Gasteiger charge is 2.27. The summed E-state index contributed by atoms with van der Waals surface area (Å²) in [7, 11) is 0. The molecule has 0 aliphatic heterocycles. The summed E-state index contributed by atoms with van der Waals surface area (Å²) in [6.45, 7) is 4.16. The van der Waals surface area contributed by atoms with E-state index in [1.807, 2.05) is 30.3 Å². The van der Waals surface area contributed by atoms with E-state index in [1.165, 1.54) is 0 Å². The summed E-state index contributed by atoms with van der Waals surface area (Å²) in [4.78, 5) is 20.3. The van der Waals surface area contributed by atoms with Gasteiger partial charge in [0.05, 0.1) is 11.4 Å². The fraction of sp³-hybridized carbons (Fsp3) is 0.263. The van der Waals surface area contributed by atoms with Crippen molar-refractivity contribution in [3.05, 3.63) is 54.2 Å². The maximum absolute atomic E-state index is 11.7. The van der Waals surface area contributed by atoms with Crippen molar-refractivity contribution in [3.63, 3.8) is 0 Å². The molecule has 0 saturated heterocycles. The molecular weight excluding hydrogens is 272 g/mol. The Kier molecular flexibility index (Phi) is 3.74. The SMILES string of the molecule is CC1(C)CC(=O)C=C(N=C=Nc2cccc3ccccc23)C1. The Morgan fingerprint density at radius 2 is 1.77 bits per heavy atom. The fourth-order valence-electron chi connectivity index (χ4n) is 2.83. The summed E-state index contributed by atoms with van der Waals surface area (Å²) in [6.07, 6.45) is 2.96. The molecule has 110 valence electrons. The molecule has 2 aromatic rings. The van der Waals surface area contributed by atoms with E-state index in [0.29, 0.717) is 6.42 Å². The number of nitrogens with zero attached hydrogens (tertiary/aromatic N) is 2. The highest BCUT2D eigenvalue weighted by molar-refractivity contribution is 5.93. The van der Waals surface area contributed by atoms with Gasteiger partial charge in [-0.3, -0.25) is 4.79 Å². The number of benzene rings is 2. The third-order valence-corrected chi connectivity index (χ3v) is 3.77. The third kappa shape index (κ3) is 3.21. The minimum absolute atomic E-state index is 0.0359. The molecule has 0 atom stereocenters. The van der Waals surface area contributed by atoms with Gasteiger partial charge in [0, 0.05) is 17.9 Å². The minimum atomic E-state index is -0.0359. The predicted molar refractivity (Wildman–Crippen MR) is 89.6 cm³/mol. The summed E-state index contributed by atoms with van der Waals surface area (Å²) < 4.78 is 0. The van der Waals surface area contributed by atoms with Crippen LogP contribution in [0.15, 0.2) is 64.2 Å². The van der Waals surface area contributed by atoms with Crippen LogP contribution >= 0.6 is 0 Å². The summed E-state index contributed by atoms with van der Waals surface area (Å²) in [5, 5.41) is 2.21. The van der Waals surface area contributed by atoms with Crippen LogP contribution in [0.4, 0.5) is 5.69 Å². The number of allylic oxidation sites excluding steroid dienone is 2. The lowest BCUT2D eigenvalue weighted by Crippen LogP contribution is -2.21. The van der Waals surface area contributed by atoms with Crippen molar-refractivity contribution < 1.29 is 4.79 Å². The first-order valence-corrected chi connectivity index (χ1v) is 7.41. The van der Waals surface area contributed by atoms with Crippen LogP contribution in [0.3, 0.4) is 0 Å². The van der Waals surface area contributed by atoms with Crippen LogP contribution in [0.25, 0.3) is 10.8 Å². The van der Waals surface area contributed by atoms with Crippen molar-refractivity contribution in [2.45, 2.75) is 26.7 Å². The molecule has 0 N–H and O–H groups in total. The fourth-order valence-corrected chi connectivity index (χ4v) is 2.83. The molecule has 0 amide bonds. The van der Waals surface area contributed by atoms with E-state index < -0.39 is 0 Å². The number of ketones is 1. The molecule has 3 nitrogen and oxygen atoms in total. The van der Waals surface area contributed by atoms with E-state index in [9.17, 15) is 4.79 Å². The van der Waals surface area contributed by atoms with E-state index in [0.717, 1.165) is 28.6 Å². The summed E-state index contributed by atoms with van der Waals surface area (Å²) in [6, 6.07) is 16.8. The second-order valence-electron chi connectivity index (χ2n) is 6.44. The van der Waals surface area contributed by atoms with Gasteiger partial charge in [-0.15, -0.1) is 0 Å². The number of aliphatic imine (C=N–C) groups is 2. The van der Waals surface area contributed by atoms with Gasteiger partial charge >= 0.3 is 0 Å². The van der Waals surface area contributed by atoms with Crippen molar-refractivity contribution in [2.75, 3.05) is 0 Å². The van der Waals surface area contributed by atoms with Gasteiger partial charge in [0.15, 0.2) is 5.78 Å². The largest absolute Gasteiger partial charge is 0.295 e. The first kappa shape index (κ1) is 14.4. The van der Waals surface area contributed by atoms with Crippen molar-refractivity contribution in [1.82, 2.24) is 0 Å². The van der Waals surface area contributed by atoms with Gasteiger partial charge in [-0.05, 0) is 23.3 Å². The minimum Gasteiger partial charge on any atom is -0.295 e. The van der Waals surface area contributed by atoms with Crippen LogP contribution in [0.2, 0.25) is 0 Å². The number of rotatable bonds is 2. The standard InChI is InChI=1S/C19H18N2O/c1-19(2)11-15(10-16(22)12-19)20-13-21-18-9-5-7-14-6-3-4-8-17(14)18/h3-10H,11-12H2,1-2H3. The van der Waals surface area contributed by atoms with E-state index in [4.69, 9.17) is 0 Å². The topological polar surface area (TPSA) is 41.8 Å². The van der Waals surface area contributed by atoms with Gasteiger partial charge in [0.2, 0.25) is 0 Å². The lowest BCUT2D eigenvalue weighted by Gasteiger charge is -2.26. The third-order valence-electron chi connectivity index (χ3n) is 3.77. The van der Waals surface area contributed by atoms with Crippen molar-refractivity contribution in [2.24, 2.45) is 15.4 Å². The molecule has 0 bridgehead atoms. The Morgan fingerprint density at radius 3 is 2.59 bits per heavy atom. The zero-order chi connectivity index (χ0) is 15.6. The van der Waals surface area contributed by atoms with Crippen LogP contribution < -0.4 is 0 Å². The smallest absolute Gasteiger partial charge is 0.158 e. The van der Waals surface area contributed by atoms with Gasteiger partial charge in [-0.2, -0.15) is 9.98 Å². The average Bonchev–Trinajstić information content (AvgIpc) is 2.45. The molecule has 2 aromatic carbocycles. The molecule has 1 aliphatic rings. The van der Waals surface area contributed by atoms with E-state index >= 15 is 0 Å². The Bertz CT molecular complexity index is 819. The highest BCUT2D eigenvalue weighted by atomic mass is 16.1. The lowest BCUT2D eigenvalue weighted by molar-refractivity contribution is -0.117. The van der Waals surface area contributed by atoms with Crippen LogP contribution in [0.5, 0.6) is 0 Å². The van der Waals surface area contributed by atoms with Crippen LogP contribution in [-0.2, 0) is 4.79 Å². The number of fused-ring (bicyclic) bond motifs is 1. The zero-order valence-corrected chi connectivity index (χ0v) is 12.8. The zero-order valence-electron chi connectivity index (χ0n) is 12.8. The molecular formula is C19H18N2O. The normalized spacial score (nSPS) is 16.8. The van der Waals surface area contributed by atoms with Crippen molar-refractivity contribution in [3.8, 4) is 0 Å². The predicted octanol–water partition coefficient (Wildman–Crippen LogP) is 4.92. The monoisotopic (exact) mass is 290 g/mol. The highest BCUT2D eigenvalue weighted by Crippen LogP contribution is 2.33. The van der Waals surface area contributed by atoms with Gasteiger partial charge in [-0.1, -0.05) is 50.2 Å². The quantitative estimate of drug-likeness (QED) is 0.724. The number of hydrogen-bond donors (Lipinski definition) is 0. The van der Waals surface area contributed by atoms with E-state index in [2.05, 4.69) is 42.0 Å². The molecule has 0 unspecified atom stereocenters. The van der Waals surface area contributed by atoms with Crippen LogP contribution in [-0.4, -0.2) is 11.8 Å². The lowest BCUT2D eigenvalue weighted by atomic mass is 9.79. The molecule has 22 heavy (non-hydrogen) atoms. The maximum Gasteiger partial charge on any atom is 0.158 e. The first-order valence-electron chi connectivity index (χ1n) is 7.41. The summed E-state index contributed by atoms with van der Waals surface area (Å²) in [5.74, 6) is 0.127. The summed E-state index contributed by atoms with van der Waals surface area (Å²) >= 11 is 0. The first-order chi connectivity index (χ1) is 10.5. The number of carbonyl (C=O) groups is 1. The molecule has 0 fully saturated rings. The molecule has 0 saturated carbocycles. The Morgan fingerprint density at radius 1 is 1.00 bits per heavy atom. The van der Waals surface area contributed by atoms with Crippen molar-refractivity contribution >= 4 is 28.3 Å². The Hall–Kier alpha value is -2.51. The van der Waals surface area contributed by atoms with Gasteiger partial charge < -0.3 is 0 Å². The average molecular weight is 290 g/mol. The summed E-state index contributed by atoms with van der Waals surface area (Å²) in [5.41, 5.74) is 1.56.